The first kappa shape index (κ1) is 30.5. The number of aliphatic hydroxyl groups excluding tert-OH is 1. The van der Waals surface area contributed by atoms with Crippen LogP contribution < -0.4 is 21.7 Å². The smallest absolute Gasteiger partial charge is 0.326 e. The minimum absolute atomic E-state index is 0.200. The maximum absolute atomic E-state index is 13.0. The molecule has 0 saturated carbocycles. The molecule has 0 aliphatic heterocycles. The number of carboxylic acids is 2. The van der Waals surface area contributed by atoms with E-state index in [0.29, 0.717) is 6.42 Å². The van der Waals surface area contributed by atoms with Crippen molar-refractivity contribution in [1.29, 1.82) is 0 Å². The van der Waals surface area contributed by atoms with Crippen LogP contribution in [0.25, 0.3) is 0 Å². The minimum Gasteiger partial charge on any atom is -0.481 e. The minimum atomic E-state index is -1.47. The van der Waals surface area contributed by atoms with E-state index in [4.69, 9.17) is 10.8 Å². The molecular formula is C24H36N4O8. The number of carbonyl (C=O) groups excluding carboxylic acids is 3. The van der Waals surface area contributed by atoms with Gasteiger partial charge < -0.3 is 37.0 Å². The lowest BCUT2D eigenvalue weighted by Crippen LogP contribution is -2.61. The Hall–Kier alpha value is -3.51. The molecule has 0 bridgehead atoms. The van der Waals surface area contributed by atoms with Crippen LogP contribution in [-0.2, 0) is 30.4 Å². The number of rotatable bonds is 15. The quantitative estimate of drug-likeness (QED) is 0.161. The largest absolute Gasteiger partial charge is 0.481 e. The van der Waals surface area contributed by atoms with E-state index < -0.39 is 72.3 Å². The highest BCUT2D eigenvalue weighted by Crippen LogP contribution is 2.11. The van der Waals surface area contributed by atoms with Crippen LogP contribution in [0.15, 0.2) is 30.3 Å². The van der Waals surface area contributed by atoms with Crippen LogP contribution >= 0.6 is 0 Å². The zero-order valence-corrected chi connectivity index (χ0v) is 20.6. The number of hydrogen-bond donors (Lipinski definition) is 7. The van der Waals surface area contributed by atoms with E-state index in [9.17, 15) is 34.2 Å². The van der Waals surface area contributed by atoms with Crippen molar-refractivity contribution in [2.24, 2.45) is 11.7 Å². The van der Waals surface area contributed by atoms with E-state index in [1.807, 2.05) is 6.07 Å². The van der Waals surface area contributed by atoms with Crippen LogP contribution in [0.2, 0.25) is 0 Å². The summed E-state index contributed by atoms with van der Waals surface area (Å²) in [6.45, 7) is 4.70. The number of benzene rings is 1. The van der Waals surface area contributed by atoms with Gasteiger partial charge in [-0.25, -0.2) is 4.79 Å². The van der Waals surface area contributed by atoms with Gasteiger partial charge in [-0.2, -0.15) is 0 Å². The topological polar surface area (TPSA) is 208 Å². The number of aliphatic carboxylic acids is 2. The SMILES string of the molecule is CCC(C)C(NC(=O)C(NC(=O)C(N)Cc1ccccc1)C(C)O)C(=O)NC(CCC(=O)O)C(=O)O. The zero-order chi connectivity index (χ0) is 27.4. The summed E-state index contributed by atoms with van der Waals surface area (Å²) in [5, 5.41) is 35.4. The van der Waals surface area contributed by atoms with Crippen molar-refractivity contribution < 1.29 is 39.3 Å². The zero-order valence-electron chi connectivity index (χ0n) is 20.6. The van der Waals surface area contributed by atoms with Gasteiger partial charge in [-0.1, -0.05) is 50.6 Å². The fourth-order valence-electron chi connectivity index (χ4n) is 3.36. The first-order valence-electron chi connectivity index (χ1n) is 11.7. The summed E-state index contributed by atoms with van der Waals surface area (Å²) in [5.74, 6) is -5.45. The average Bonchev–Trinajstić information content (AvgIpc) is 2.82. The number of carboxylic acid groups (broad SMARTS) is 2. The van der Waals surface area contributed by atoms with E-state index in [2.05, 4.69) is 16.0 Å². The highest BCUT2D eigenvalue weighted by atomic mass is 16.4. The molecule has 1 aromatic rings. The fourth-order valence-corrected chi connectivity index (χ4v) is 3.36. The number of amides is 3. The summed E-state index contributed by atoms with van der Waals surface area (Å²) in [4.78, 5) is 60.7. The fraction of sp³-hybridized carbons (Fsp3) is 0.542. The number of nitrogens with two attached hydrogens (primary N) is 1. The second-order valence-corrected chi connectivity index (χ2v) is 8.73. The maximum atomic E-state index is 13.0. The van der Waals surface area contributed by atoms with Gasteiger partial charge in [0.05, 0.1) is 12.1 Å². The molecule has 6 unspecified atom stereocenters. The van der Waals surface area contributed by atoms with E-state index in [0.717, 1.165) is 5.56 Å². The average molecular weight is 509 g/mol. The lowest BCUT2D eigenvalue weighted by Gasteiger charge is -2.29. The van der Waals surface area contributed by atoms with E-state index in [1.54, 1.807) is 38.1 Å². The van der Waals surface area contributed by atoms with Gasteiger partial charge in [0.15, 0.2) is 0 Å². The lowest BCUT2D eigenvalue weighted by atomic mass is 9.96. The Morgan fingerprint density at radius 3 is 1.94 bits per heavy atom. The molecule has 12 nitrogen and oxygen atoms in total. The van der Waals surface area contributed by atoms with E-state index in [1.165, 1.54) is 6.92 Å². The van der Waals surface area contributed by atoms with Crippen molar-refractivity contribution in [3.63, 3.8) is 0 Å². The molecule has 3 amide bonds. The molecule has 0 spiro atoms. The molecule has 8 N–H and O–H groups in total. The normalized spacial score (nSPS) is 15.9. The van der Waals surface area contributed by atoms with Gasteiger partial charge in [0.2, 0.25) is 17.7 Å². The molecule has 0 aromatic heterocycles. The molecule has 0 aliphatic carbocycles. The molecule has 0 fully saturated rings. The van der Waals surface area contributed by atoms with Crippen molar-refractivity contribution in [1.82, 2.24) is 16.0 Å². The number of nitrogens with one attached hydrogen (secondary N) is 3. The molecule has 1 rings (SSSR count). The predicted molar refractivity (Wildman–Crippen MR) is 130 cm³/mol. The molecule has 36 heavy (non-hydrogen) atoms. The summed E-state index contributed by atoms with van der Waals surface area (Å²) in [7, 11) is 0. The number of hydrogen-bond acceptors (Lipinski definition) is 7. The van der Waals surface area contributed by atoms with Gasteiger partial charge in [0.1, 0.15) is 18.1 Å². The molecule has 0 heterocycles. The van der Waals surface area contributed by atoms with Crippen molar-refractivity contribution in [3.05, 3.63) is 35.9 Å². The highest BCUT2D eigenvalue weighted by Gasteiger charge is 2.34. The van der Waals surface area contributed by atoms with Crippen molar-refractivity contribution in [3.8, 4) is 0 Å². The van der Waals surface area contributed by atoms with Crippen LogP contribution in [0.1, 0.15) is 45.6 Å². The molecule has 0 saturated heterocycles. The Morgan fingerprint density at radius 2 is 1.44 bits per heavy atom. The summed E-state index contributed by atoms with van der Waals surface area (Å²) < 4.78 is 0. The number of carbonyl (C=O) groups is 5. The van der Waals surface area contributed by atoms with Gasteiger partial charge >= 0.3 is 11.9 Å². The molecule has 200 valence electrons. The Bertz CT molecular complexity index is 909. The van der Waals surface area contributed by atoms with Crippen molar-refractivity contribution in [2.75, 3.05) is 0 Å². The predicted octanol–water partition coefficient (Wildman–Crippen LogP) is -0.613. The van der Waals surface area contributed by atoms with Gasteiger partial charge in [-0.3, -0.25) is 19.2 Å². The van der Waals surface area contributed by atoms with Gasteiger partial charge in [0.25, 0.3) is 0 Å². The summed E-state index contributed by atoms with van der Waals surface area (Å²) in [5.41, 5.74) is 6.77. The third kappa shape index (κ3) is 10.0. The monoisotopic (exact) mass is 508 g/mol. The second kappa shape index (κ2) is 14.8. The summed E-state index contributed by atoms with van der Waals surface area (Å²) in [6.07, 6.45) is -1.52. The van der Waals surface area contributed by atoms with Gasteiger partial charge in [0, 0.05) is 6.42 Å². The molecular weight excluding hydrogens is 472 g/mol. The standard InChI is InChI=1S/C24H36N4O8/c1-4-13(2)19(22(33)26-17(24(35)36)10-11-18(30)31)27-23(34)20(14(3)29)28-21(32)16(25)12-15-8-6-5-7-9-15/h5-9,13-14,16-17,19-20,29H,4,10-12,25H2,1-3H3,(H,26,33)(H,27,34)(H,28,32)(H,30,31)(H,35,36). The van der Waals surface area contributed by atoms with Crippen LogP contribution in [-0.4, -0.2) is 75.3 Å². The number of aliphatic hydroxyl groups is 1. The Kier molecular flexibility index (Phi) is 12.5. The Morgan fingerprint density at radius 1 is 0.889 bits per heavy atom. The van der Waals surface area contributed by atoms with Crippen LogP contribution in [0, 0.1) is 5.92 Å². The van der Waals surface area contributed by atoms with E-state index in [-0.39, 0.29) is 12.8 Å². The Balaban J connectivity index is 2.94. The highest BCUT2D eigenvalue weighted by molar-refractivity contribution is 5.94. The Labute approximate surface area is 209 Å². The first-order valence-corrected chi connectivity index (χ1v) is 11.7. The summed E-state index contributed by atoms with van der Waals surface area (Å²) in [6, 6.07) is 3.89. The van der Waals surface area contributed by atoms with Gasteiger partial charge in [-0.15, -0.1) is 0 Å². The third-order valence-corrected chi connectivity index (χ3v) is 5.75. The third-order valence-electron chi connectivity index (χ3n) is 5.75. The van der Waals surface area contributed by atoms with Crippen LogP contribution in [0.5, 0.6) is 0 Å². The van der Waals surface area contributed by atoms with Crippen molar-refractivity contribution in [2.45, 2.75) is 76.7 Å². The molecule has 6 atom stereocenters. The molecule has 1 aromatic carbocycles. The van der Waals surface area contributed by atoms with Crippen molar-refractivity contribution >= 4 is 29.7 Å². The molecule has 0 aliphatic rings. The lowest BCUT2D eigenvalue weighted by molar-refractivity contribution is -0.144. The van der Waals surface area contributed by atoms with E-state index >= 15 is 0 Å². The second-order valence-electron chi connectivity index (χ2n) is 8.73. The molecule has 0 radical (unpaired) electrons. The van der Waals surface area contributed by atoms with Gasteiger partial charge in [-0.05, 0) is 31.2 Å². The van der Waals surface area contributed by atoms with Crippen LogP contribution in [0.4, 0.5) is 0 Å². The summed E-state index contributed by atoms with van der Waals surface area (Å²) >= 11 is 0. The molecule has 12 heteroatoms. The van der Waals surface area contributed by atoms with Crippen LogP contribution in [0.3, 0.4) is 0 Å². The first-order chi connectivity index (χ1) is 16.9. The maximum Gasteiger partial charge on any atom is 0.326 e.